The maximum Gasteiger partial charge on any atom is 0.180 e. The minimum absolute atomic E-state index is 0.435. The zero-order valence-electron chi connectivity index (χ0n) is 7.87. The van der Waals surface area contributed by atoms with Crippen molar-refractivity contribution in [2.24, 2.45) is 0 Å². The van der Waals surface area contributed by atoms with Gasteiger partial charge in [-0.15, -0.1) is 11.3 Å². The van der Waals surface area contributed by atoms with Crippen LogP contribution in [0.5, 0.6) is 0 Å². The van der Waals surface area contributed by atoms with Gasteiger partial charge in [-0.05, 0) is 22.4 Å². The second-order valence-corrected chi connectivity index (χ2v) is 4.70. The summed E-state index contributed by atoms with van der Waals surface area (Å²) in [6.45, 7) is 2.02. The molecule has 0 radical (unpaired) electrons. The first-order valence-electron chi connectivity index (χ1n) is 4.32. The minimum Gasteiger partial charge on any atom is -0.241 e. The summed E-state index contributed by atoms with van der Waals surface area (Å²) in [6, 6.07) is 0. The maximum atomic E-state index is 5.99. The summed E-state index contributed by atoms with van der Waals surface area (Å²) in [7, 11) is 0. The molecule has 2 aromatic rings. The van der Waals surface area contributed by atoms with Gasteiger partial charge >= 0.3 is 0 Å². The predicted octanol–water partition coefficient (Wildman–Crippen LogP) is 3.58. The lowest BCUT2D eigenvalue weighted by Crippen LogP contribution is -1.97. The van der Waals surface area contributed by atoms with E-state index in [1.165, 1.54) is 11.3 Å². The van der Waals surface area contributed by atoms with E-state index in [9.17, 15) is 0 Å². The van der Waals surface area contributed by atoms with Crippen LogP contribution in [0.1, 0.15) is 12.6 Å². The number of nitrogens with zero attached hydrogens (tertiary/aromatic N) is 3. The molecule has 0 N–H and O–H groups in total. The maximum absolute atomic E-state index is 5.99. The number of aromatic nitrogens is 3. The van der Waals surface area contributed by atoms with E-state index in [-0.39, 0.29) is 0 Å². The van der Waals surface area contributed by atoms with Gasteiger partial charge < -0.3 is 0 Å². The normalized spacial score (nSPS) is 10.6. The molecule has 0 saturated carbocycles. The third-order valence-electron chi connectivity index (χ3n) is 1.88. The number of rotatable bonds is 2. The van der Waals surface area contributed by atoms with Crippen LogP contribution in [0.25, 0.3) is 11.5 Å². The van der Waals surface area contributed by atoms with Crippen molar-refractivity contribution in [1.29, 1.82) is 0 Å². The average Bonchev–Trinajstić information content (AvgIpc) is 2.75. The molecule has 0 bridgehead atoms. The Morgan fingerprint density at radius 1 is 1.47 bits per heavy atom. The molecule has 0 unspecified atom stereocenters. The van der Waals surface area contributed by atoms with Gasteiger partial charge in [-0.1, -0.05) is 18.5 Å². The van der Waals surface area contributed by atoms with Crippen molar-refractivity contribution >= 4 is 38.9 Å². The number of halogens is 2. The topological polar surface area (TPSA) is 38.7 Å². The quantitative estimate of drug-likeness (QED) is 0.796. The molecule has 0 aliphatic carbocycles. The molecule has 6 heteroatoms. The monoisotopic (exact) mass is 303 g/mol. The van der Waals surface area contributed by atoms with Crippen molar-refractivity contribution in [2.75, 3.05) is 0 Å². The summed E-state index contributed by atoms with van der Waals surface area (Å²) in [5.41, 5.74) is 3.42. The van der Waals surface area contributed by atoms with Crippen molar-refractivity contribution in [3.05, 3.63) is 26.2 Å². The van der Waals surface area contributed by atoms with Gasteiger partial charge in [0.1, 0.15) is 10.8 Å². The molecule has 3 nitrogen and oxygen atoms in total. The van der Waals surface area contributed by atoms with Crippen LogP contribution in [0.3, 0.4) is 0 Å². The van der Waals surface area contributed by atoms with E-state index in [0.717, 1.165) is 22.3 Å². The number of hydrogen-bond acceptors (Lipinski definition) is 4. The first-order chi connectivity index (χ1) is 7.22. The van der Waals surface area contributed by atoms with Crippen molar-refractivity contribution in [3.63, 3.8) is 0 Å². The molecule has 2 rings (SSSR count). The van der Waals surface area contributed by atoms with E-state index in [1.807, 2.05) is 12.3 Å². The highest BCUT2D eigenvalue weighted by Gasteiger charge is 2.11. The van der Waals surface area contributed by atoms with Crippen molar-refractivity contribution in [3.8, 4) is 11.5 Å². The fourth-order valence-corrected chi connectivity index (χ4v) is 2.31. The molecule has 0 amide bonds. The van der Waals surface area contributed by atoms with Gasteiger partial charge in [0.25, 0.3) is 0 Å². The Morgan fingerprint density at radius 3 is 2.87 bits per heavy atom. The van der Waals surface area contributed by atoms with Crippen LogP contribution >= 0.6 is 38.9 Å². The lowest BCUT2D eigenvalue weighted by Gasteiger charge is -2.04. The van der Waals surface area contributed by atoms with Gasteiger partial charge in [0.15, 0.2) is 5.82 Å². The highest BCUT2D eigenvalue weighted by molar-refractivity contribution is 9.10. The highest BCUT2D eigenvalue weighted by Crippen LogP contribution is 2.26. The zero-order valence-corrected chi connectivity index (χ0v) is 11.0. The summed E-state index contributed by atoms with van der Waals surface area (Å²) >= 11 is 10.9. The smallest absolute Gasteiger partial charge is 0.180 e. The van der Waals surface area contributed by atoms with E-state index in [2.05, 4.69) is 30.9 Å². The summed E-state index contributed by atoms with van der Waals surface area (Å²) in [6.07, 6.45) is 0.806. The molecule has 2 heterocycles. The van der Waals surface area contributed by atoms with Crippen LogP contribution in [0.2, 0.25) is 5.15 Å². The van der Waals surface area contributed by atoms with Gasteiger partial charge in [-0.3, -0.25) is 0 Å². The van der Waals surface area contributed by atoms with Crippen LogP contribution in [0.15, 0.2) is 15.4 Å². The molecule has 0 aliphatic heterocycles. The number of aryl methyl sites for hydroxylation is 1. The van der Waals surface area contributed by atoms with Crippen molar-refractivity contribution in [2.45, 2.75) is 13.3 Å². The van der Waals surface area contributed by atoms with Crippen LogP contribution in [-0.4, -0.2) is 15.0 Å². The molecule has 78 valence electrons. The Labute approximate surface area is 105 Å². The Bertz CT molecular complexity index is 472. The Balaban J connectivity index is 2.55. The van der Waals surface area contributed by atoms with E-state index in [4.69, 9.17) is 11.6 Å². The second-order valence-electron chi connectivity index (χ2n) is 2.83. The largest absolute Gasteiger partial charge is 0.241 e. The van der Waals surface area contributed by atoms with Gasteiger partial charge in [0.2, 0.25) is 0 Å². The lowest BCUT2D eigenvalue weighted by atomic mass is 10.3. The summed E-state index contributed by atoms with van der Waals surface area (Å²) in [5, 5.41) is 2.34. The van der Waals surface area contributed by atoms with Crippen LogP contribution < -0.4 is 0 Å². The van der Waals surface area contributed by atoms with E-state index in [1.54, 1.807) is 5.51 Å². The fraction of sp³-hybridized carbons (Fsp3) is 0.222. The van der Waals surface area contributed by atoms with E-state index in [0.29, 0.717) is 11.0 Å². The molecule has 0 aliphatic rings. The standard InChI is InChI=1S/C9H7BrClN3S/c1-2-5-7(10)8(11)14-9(13-5)6-3-15-4-12-6/h3-4H,2H2,1H3. The molecule has 0 spiro atoms. The van der Waals surface area contributed by atoms with Gasteiger partial charge in [0, 0.05) is 5.38 Å². The molecular formula is C9H7BrClN3S. The lowest BCUT2D eigenvalue weighted by molar-refractivity contribution is 0.986. The van der Waals surface area contributed by atoms with E-state index < -0.39 is 0 Å². The molecule has 0 atom stereocenters. The third-order valence-corrected chi connectivity index (χ3v) is 3.80. The Morgan fingerprint density at radius 2 is 2.27 bits per heavy atom. The van der Waals surface area contributed by atoms with Crippen LogP contribution in [-0.2, 0) is 6.42 Å². The van der Waals surface area contributed by atoms with Gasteiger partial charge in [-0.2, -0.15) is 0 Å². The summed E-state index contributed by atoms with van der Waals surface area (Å²) < 4.78 is 0.769. The molecular weight excluding hydrogens is 298 g/mol. The fourth-order valence-electron chi connectivity index (χ4n) is 1.13. The highest BCUT2D eigenvalue weighted by atomic mass is 79.9. The van der Waals surface area contributed by atoms with Crippen LogP contribution in [0.4, 0.5) is 0 Å². The van der Waals surface area contributed by atoms with E-state index >= 15 is 0 Å². The average molecular weight is 305 g/mol. The van der Waals surface area contributed by atoms with Gasteiger partial charge in [-0.25, -0.2) is 15.0 Å². The summed E-state index contributed by atoms with van der Waals surface area (Å²) in [4.78, 5) is 12.7. The number of thiazole rings is 1. The molecule has 15 heavy (non-hydrogen) atoms. The SMILES string of the molecule is CCc1nc(-c2cscn2)nc(Cl)c1Br. The van der Waals surface area contributed by atoms with Gasteiger partial charge in [0.05, 0.1) is 15.7 Å². The van der Waals surface area contributed by atoms with Crippen LogP contribution in [0, 0.1) is 0 Å². The zero-order chi connectivity index (χ0) is 10.8. The molecule has 0 saturated heterocycles. The molecule has 2 aromatic heterocycles. The Kier molecular flexibility index (Phi) is 3.33. The molecule has 0 fully saturated rings. The van der Waals surface area contributed by atoms with Crippen molar-refractivity contribution < 1.29 is 0 Å². The first-order valence-corrected chi connectivity index (χ1v) is 6.44. The predicted molar refractivity (Wildman–Crippen MR) is 65.2 cm³/mol. The third kappa shape index (κ3) is 2.19. The minimum atomic E-state index is 0.435. The Hall–Kier alpha value is -0.520. The number of hydrogen-bond donors (Lipinski definition) is 0. The molecule has 0 aromatic carbocycles. The first kappa shape index (κ1) is 11.0. The summed E-state index contributed by atoms with van der Waals surface area (Å²) in [5.74, 6) is 0.585. The second kappa shape index (κ2) is 4.55. The van der Waals surface area contributed by atoms with Crippen molar-refractivity contribution in [1.82, 2.24) is 15.0 Å².